The number of carbonyl (C=O) groups is 1. The van der Waals surface area contributed by atoms with Gasteiger partial charge in [0.1, 0.15) is 5.82 Å². The van der Waals surface area contributed by atoms with Crippen LogP contribution in [0.4, 0.5) is 11.8 Å². The molecular formula is C20H26ClN5O. The Kier molecular flexibility index (Phi) is 5.97. The van der Waals surface area contributed by atoms with Gasteiger partial charge in [-0.25, -0.2) is 4.98 Å². The monoisotopic (exact) mass is 387 g/mol. The zero-order valence-corrected chi connectivity index (χ0v) is 17.1. The number of hydrogen-bond donors (Lipinski definition) is 0. The first-order valence-corrected chi connectivity index (χ1v) is 9.59. The summed E-state index contributed by atoms with van der Waals surface area (Å²) >= 11 is 6.41. The Bertz CT molecular complexity index is 818. The highest BCUT2D eigenvalue weighted by Gasteiger charge is 2.24. The van der Waals surface area contributed by atoms with Crippen LogP contribution in [0, 0.1) is 5.92 Å². The van der Waals surface area contributed by atoms with Gasteiger partial charge < -0.3 is 9.80 Å². The topological polar surface area (TPSA) is 52.6 Å². The summed E-state index contributed by atoms with van der Waals surface area (Å²) in [7, 11) is 3.87. The Morgan fingerprint density at radius 1 is 1.15 bits per heavy atom. The SMILES string of the molecule is CC(C)C(=O)N(C)c1nc(N2CCN(C)CC2)ncc1-c1ccccc1Cl. The van der Waals surface area contributed by atoms with Gasteiger partial charge in [-0.2, -0.15) is 4.98 Å². The summed E-state index contributed by atoms with van der Waals surface area (Å²) in [4.78, 5) is 28.1. The van der Waals surface area contributed by atoms with E-state index in [0.717, 1.165) is 37.3 Å². The molecule has 1 aromatic heterocycles. The molecule has 0 N–H and O–H groups in total. The average Bonchev–Trinajstić information content (AvgIpc) is 2.67. The number of amides is 1. The van der Waals surface area contributed by atoms with Gasteiger partial charge in [0.2, 0.25) is 11.9 Å². The third-order valence-corrected chi connectivity index (χ3v) is 5.18. The largest absolute Gasteiger partial charge is 0.338 e. The number of carbonyl (C=O) groups excluding carboxylic acids is 1. The van der Waals surface area contributed by atoms with Crippen LogP contribution in [0.5, 0.6) is 0 Å². The molecule has 1 aromatic carbocycles. The lowest BCUT2D eigenvalue weighted by molar-refractivity contribution is -0.121. The van der Waals surface area contributed by atoms with Gasteiger partial charge in [-0.1, -0.05) is 43.6 Å². The van der Waals surface area contributed by atoms with Crippen molar-refractivity contribution < 1.29 is 4.79 Å². The maximum absolute atomic E-state index is 12.7. The number of piperazine rings is 1. The van der Waals surface area contributed by atoms with Crippen molar-refractivity contribution in [2.24, 2.45) is 5.92 Å². The van der Waals surface area contributed by atoms with Crippen molar-refractivity contribution in [3.63, 3.8) is 0 Å². The predicted octanol–water partition coefficient (Wildman–Crippen LogP) is 3.17. The molecule has 0 saturated carbocycles. The van der Waals surface area contributed by atoms with Crippen molar-refractivity contribution in [1.29, 1.82) is 0 Å². The lowest BCUT2D eigenvalue weighted by Gasteiger charge is -2.33. The lowest BCUT2D eigenvalue weighted by atomic mass is 10.1. The number of likely N-dealkylation sites (N-methyl/N-ethyl adjacent to an activating group) is 1. The van der Waals surface area contributed by atoms with E-state index in [1.54, 1.807) is 18.1 Å². The van der Waals surface area contributed by atoms with Crippen LogP contribution in [0.1, 0.15) is 13.8 Å². The third-order valence-electron chi connectivity index (χ3n) is 4.85. The molecule has 6 nitrogen and oxygen atoms in total. The van der Waals surface area contributed by atoms with Crippen molar-refractivity contribution in [1.82, 2.24) is 14.9 Å². The molecule has 0 radical (unpaired) electrons. The zero-order valence-electron chi connectivity index (χ0n) is 16.3. The van der Waals surface area contributed by atoms with Gasteiger partial charge in [-0.05, 0) is 13.1 Å². The molecule has 2 heterocycles. The lowest BCUT2D eigenvalue weighted by Crippen LogP contribution is -2.45. The molecule has 1 aliphatic rings. The number of nitrogens with zero attached hydrogens (tertiary/aromatic N) is 5. The smallest absolute Gasteiger partial charge is 0.230 e. The first-order valence-electron chi connectivity index (χ1n) is 9.21. The van der Waals surface area contributed by atoms with Crippen LogP contribution >= 0.6 is 11.6 Å². The van der Waals surface area contributed by atoms with Crippen LogP contribution in [-0.2, 0) is 4.79 Å². The van der Waals surface area contributed by atoms with E-state index in [-0.39, 0.29) is 11.8 Å². The third kappa shape index (κ3) is 4.22. The Morgan fingerprint density at radius 2 is 1.81 bits per heavy atom. The van der Waals surface area contributed by atoms with Gasteiger partial charge in [-0.3, -0.25) is 9.69 Å². The summed E-state index contributed by atoms with van der Waals surface area (Å²) < 4.78 is 0. The molecule has 0 atom stereocenters. The molecule has 144 valence electrons. The second-order valence-electron chi connectivity index (χ2n) is 7.23. The van der Waals surface area contributed by atoms with Gasteiger partial charge in [0.25, 0.3) is 0 Å². The minimum atomic E-state index is -0.129. The van der Waals surface area contributed by atoms with Gasteiger partial charge >= 0.3 is 0 Å². The van der Waals surface area contributed by atoms with Crippen LogP contribution in [0.3, 0.4) is 0 Å². The van der Waals surface area contributed by atoms with Crippen LogP contribution < -0.4 is 9.80 Å². The first-order chi connectivity index (χ1) is 12.9. The summed E-state index contributed by atoms with van der Waals surface area (Å²) in [5.41, 5.74) is 1.58. The van der Waals surface area contributed by atoms with Crippen molar-refractivity contribution >= 4 is 29.3 Å². The standard InChI is InChI=1S/C20H26ClN5O/c1-14(2)19(27)25(4)18-16(15-7-5-6-8-17(15)21)13-22-20(23-18)26-11-9-24(3)10-12-26/h5-8,13-14H,9-12H2,1-4H3. The second-order valence-corrected chi connectivity index (χ2v) is 7.64. The van der Waals surface area contributed by atoms with E-state index in [9.17, 15) is 4.79 Å². The van der Waals surface area contributed by atoms with Gasteiger partial charge in [0.15, 0.2) is 0 Å². The van der Waals surface area contributed by atoms with Crippen LogP contribution in [-0.4, -0.2) is 61.0 Å². The molecule has 1 aliphatic heterocycles. The van der Waals surface area contributed by atoms with Gasteiger partial charge in [0, 0.05) is 61.5 Å². The summed E-state index contributed by atoms with van der Waals surface area (Å²) in [6.45, 7) is 7.43. The quantitative estimate of drug-likeness (QED) is 0.806. The Balaban J connectivity index is 2.05. The number of rotatable bonds is 4. The van der Waals surface area contributed by atoms with Gasteiger partial charge in [0.05, 0.1) is 0 Å². The van der Waals surface area contributed by atoms with E-state index < -0.39 is 0 Å². The number of benzene rings is 1. The molecule has 1 saturated heterocycles. The molecule has 0 spiro atoms. The summed E-state index contributed by atoms with van der Waals surface area (Å²) in [6.07, 6.45) is 1.78. The highest BCUT2D eigenvalue weighted by molar-refractivity contribution is 6.33. The fourth-order valence-corrected chi connectivity index (χ4v) is 3.38. The normalized spacial score (nSPS) is 15.3. The molecule has 1 fully saturated rings. The van der Waals surface area contributed by atoms with E-state index >= 15 is 0 Å². The molecule has 0 bridgehead atoms. The highest BCUT2D eigenvalue weighted by Crippen LogP contribution is 2.34. The molecule has 0 aliphatic carbocycles. The highest BCUT2D eigenvalue weighted by atomic mass is 35.5. The van der Waals surface area contributed by atoms with Crippen molar-refractivity contribution in [2.45, 2.75) is 13.8 Å². The van der Waals surface area contributed by atoms with Crippen molar-refractivity contribution in [2.75, 3.05) is 50.1 Å². The average molecular weight is 388 g/mol. The maximum atomic E-state index is 12.7. The van der Waals surface area contributed by atoms with E-state index in [0.29, 0.717) is 16.8 Å². The summed E-state index contributed by atoms with van der Waals surface area (Å²) in [5, 5.41) is 0.611. The molecule has 7 heteroatoms. The van der Waals surface area contributed by atoms with Crippen molar-refractivity contribution in [3.8, 4) is 11.1 Å². The van der Waals surface area contributed by atoms with E-state index in [1.807, 2.05) is 38.1 Å². The fourth-order valence-electron chi connectivity index (χ4n) is 3.14. The number of aromatic nitrogens is 2. The fraction of sp³-hybridized carbons (Fsp3) is 0.450. The molecule has 2 aromatic rings. The Morgan fingerprint density at radius 3 is 2.44 bits per heavy atom. The van der Waals surface area contributed by atoms with Gasteiger partial charge in [-0.15, -0.1) is 0 Å². The van der Waals surface area contributed by atoms with E-state index in [4.69, 9.17) is 16.6 Å². The first kappa shape index (κ1) is 19.6. The minimum Gasteiger partial charge on any atom is -0.338 e. The molecular weight excluding hydrogens is 362 g/mol. The maximum Gasteiger partial charge on any atom is 0.230 e. The summed E-state index contributed by atoms with van der Waals surface area (Å²) in [5.74, 6) is 1.12. The van der Waals surface area contributed by atoms with Crippen LogP contribution in [0.15, 0.2) is 30.5 Å². The Hall–Kier alpha value is -2.18. The van der Waals surface area contributed by atoms with E-state index in [2.05, 4.69) is 21.8 Å². The molecule has 3 rings (SSSR count). The predicted molar refractivity (Wildman–Crippen MR) is 110 cm³/mol. The second kappa shape index (κ2) is 8.23. The number of anilines is 2. The number of hydrogen-bond acceptors (Lipinski definition) is 5. The van der Waals surface area contributed by atoms with Crippen molar-refractivity contribution in [3.05, 3.63) is 35.5 Å². The molecule has 0 unspecified atom stereocenters. The minimum absolute atomic E-state index is 0.00586. The van der Waals surface area contributed by atoms with Crippen LogP contribution in [0.2, 0.25) is 5.02 Å². The van der Waals surface area contributed by atoms with Crippen LogP contribution in [0.25, 0.3) is 11.1 Å². The summed E-state index contributed by atoms with van der Waals surface area (Å²) in [6, 6.07) is 7.56. The zero-order chi connectivity index (χ0) is 19.6. The van der Waals surface area contributed by atoms with E-state index in [1.165, 1.54) is 0 Å². The Labute approximate surface area is 165 Å². The molecule has 27 heavy (non-hydrogen) atoms. The molecule has 1 amide bonds. The number of halogens is 1.